The molecule has 0 radical (unpaired) electrons. The molecular formula is C16H22N2O3. The maximum absolute atomic E-state index is 5.78. The van der Waals surface area contributed by atoms with Gasteiger partial charge in [-0.05, 0) is 37.3 Å². The fourth-order valence-electron chi connectivity index (χ4n) is 3.40. The van der Waals surface area contributed by atoms with Crippen LogP contribution in [0.25, 0.3) is 5.57 Å². The summed E-state index contributed by atoms with van der Waals surface area (Å²) in [5.41, 5.74) is 2.37. The molecule has 1 aromatic rings. The van der Waals surface area contributed by atoms with Crippen LogP contribution in [-0.4, -0.2) is 35.4 Å². The van der Waals surface area contributed by atoms with Crippen LogP contribution in [0.3, 0.4) is 0 Å². The minimum absolute atomic E-state index is 0.115. The molecule has 3 heterocycles. The normalized spacial score (nSPS) is 28.8. The summed E-state index contributed by atoms with van der Waals surface area (Å²) in [5.74, 6) is -0.349. The Labute approximate surface area is 124 Å². The third kappa shape index (κ3) is 2.65. The van der Waals surface area contributed by atoms with E-state index in [1.54, 1.807) is 0 Å². The largest absolute Gasteiger partial charge is 0.357 e. The third-order valence-corrected chi connectivity index (χ3v) is 4.64. The van der Waals surface area contributed by atoms with E-state index in [1.807, 2.05) is 10.9 Å². The summed E-state index contributed by atoms with van der Waals surface area (Å²) in [5, 5.41) is 4.71. The smallest absolute Gasteiger partial charge is 0.172 e. The highest BCUT2D eigenvalue weighted by Crippen LogP contribution is 2.38. The van der Waals surface area contributed by atoms with E-state index in [0.717, 1.165) is 57.6 Å². The van der Waals surface area contributed by atoms with Gasteiger partial charge in [-0.1, -0.05) is 6.08 Å². The molecule has 0 bridgehead atoms. The fraction of sp³-hybridized carbons (Fsp3) is 0.688. The molecule has 1 spiro atoms. The molecule has 114 valence electrons. The predicted molar refractivity (Wildman–Crippen MR) is 77.5 cm³/mol. The van der Waals surface area contributed by atoms with Crippen molar-refractivity contribution in [3.05, 3.63) is 24.0 Å². The summed E-state index contributed by atoms with van der Waals surface area (Å²) in [6.45, 7) is 2.29. The van der Waals surface area contributed by atoms with Gasteiger partial charge < -0.3 is 14.2 Å². The maximum Gasteiger partial charge on any atom is 0.172 e. The van der Waals surface area contributed by atoms with Crippen LogP contribution in [0.4, 0.5) is 0 Å². The second-order valence-electron chi connectivity index (χ2n) is 6.04. The van der Waals surface area contributed by atoms with Crippen LogP contribution in [0.1, 0.15) is 50.4 Å². The maximum atomic E-state index is 5.78. The van der Waals surface area contributed by atoms with Gasteiger partial charge in [0.05, 0.1) is 18.9 Å². The lowest BCUT2D eigenvalue weighted by Gasteiger charge is -2.30. The zero-order chi connectivity index (χ0) is 14.1. The molecule has 5 heteroatoms. The van der Waals surface area contributed by atoms with Crippen molar-refractivity contribution in [2.75, 3.05) is 19.8 Å². The van der Waals surface area contributed by atoms with E-state index in [9.17, 15) is 0 Å². The Balaban J connectivity index is 1.47. The van der Waals surface area contributed by atoms with Crippen molar-refractivity contribution in [2.24, 2.45) is 0 Å². The van der Waals surface area contributed by atoms with Gasteiger partial charge in [-0.3, -0.25) is 0 Å². The van der Waals surface area contributed by atoms with Gasteiger partial charge in [-0.2, -0.15) is 5.10 Å². The van der Waals surface area contributed by atoms with Gasteiger partial charge in [-0.15, -0.1) is 0 Å². The van der Waals surface area contributed by atoms with E-state index in [0.29, 0.717) is 0 Å². The van der Waals surface area contributed by atoms with Crippen LogP contribution in [0, 0.1) is 0 Å². The highest BCUT2D eigenvalue weighted by Gasteiger charge is 2.38. The average molecular weight is 290 g/mol. The molecule has 0 saturated carbocycles. The molecule has 21 heavy (non-hydrogen) atoms. The highest BCUT2D eigenvalue weighted by atomic mass is 16.7. The van der Waals surface area contributed by atoms with Crippen molar-refractivity contribution >= 4 is 5.57 Å². The Hall–Kier alpha value is -1.17. The molecule has 2 aliphatic heterocycles. The molecule has 4 rings (SSSR count). The number of ether oxygens (including phenoxy) is 3. The molecule has 0 aromatic carbocycles. The first-order chi connectivity index (χ1) is 10.3. The Morgan fingerprint density at radius 3 is 2.81 bits per heavy atom. The van der Waals surface area contributed by atoms with Gasteiger partial charge in [0.2, 0.25) is 0 Å². The minimum atomic E-state index is -0.349. The SMILES string of the molecule is C1=C(c2ccn(C3CCCCO3)n2)CCC2(C1)OCCO2. The zero-order valence-corrected chi connectivity index (χ0v) is 12.3. The van der Waals surface area contributed by atoms with Crippen LogP contribution in [0.15, 0.2) is 18.3 Å². The number of allylic oxidation sites excluding steroid dienone is 1. The molecule has 5 nitrogen and oxygen atoms in total. The van der Waals surface area contributed by atoms with E-state index in [1.165, 1.54) is 12.0 Å². The highest BCUT2D eigenvalue weighted by molar-refractivity contribution is 5.63. The fourth-order valence-corrected chi connectivity index (χ4v) is 3.40. The lowest BCUT2D eigenvalue weighted by molar-refractivity contribution is -0.159. The van der Waals surface area contributed by atoms with Crippen LogP contribution in [0.5, 0.6) is 0 Å². The van der Waals surface area contributed by atoms with Crippen molar-refractivity contribution in [3.63, 3.8) is 0 Å². The van der Waals surface area contributed by atoms with Gasteiger partial charge in [-0.25, -0.2) is 4.68 Å². The standard InChI is InChI=1S/C16H22N2O3/c1-2-10-19-15(3-1)18-9-6-14(17-18)13-4-7-16(8-5-13)20-11-12-21-16/h4,6,9,15H,1-3,5,7-8,10-12H2. The lowest BCUT2D eigenvalue weighted by Crippen LogP contribution is -2.31. The summed E-state index contributed by atoms with van der Waals surface area (Å²) >= 11 is 0. The first kappa shape index (κ1) is 13.5. The summed E-state index contributed by atoms with van der Waals surface area (Å²) in [4.78, 5) is 0. The molecule has 0 N–H and O–H groups in total. The summed E-state index contributed by atoms with van der Waals surface area (Å²) < 4.78 is 19.3. The predicted octanol–water partition coefficient (Wildman–Crippen LogP) is 2.89. The molecule has 3 aliphatic rings. The van der Waals surface area contributed by atoms with Gasteiger partial charge in [0, 0.05) is 25.6 Å². The molecule has 1 atom stereocenters. The van der Waals surface area contributed by atoms with Gasteiger partial charge in [0.15, 0.2) is 5.79 Å². The molecule has 1 unspecified atom stereocenters. The lowest BCUT2D eigenvalue weighted by atomic mass is 9.92. The second-order valence-corrected chi connectivity index (χ2v) is 6.04. The summed E-state index contributed by atoms with van der Waals surface area (Å²) in [6, 6.07) is 2.10. The molecular weight excluding hydrogens is 268 g/mol. The Bertz CT molecular complexity index is 525. The number of hydrogen-bond donors (Lipinski definition) is 0. The summed E-state index contributed by atoms with van der Waals surface area (Å²) in [7, 11) is 0. The van der Waals surface area contributed by atoms with Gasteiger partial charge in [0.1, 0.15) is 6.23 Å². The van der Waals surface area contributed by atoms with E-state index >= 15 is 0 Å². The minimum Gasteiger partial charge on any atom is -0.357 e. The Morgan fingerprint density at radius 2 is 2.10 bits per heavy atom. The zero-order valence-electron chi connectivity index (χ0n) is 12.3. The first-order valence-corrected chi connectivity index (χ1v) is 7.99. The van der Waals surface area contributed by atoms with Crippen molar-refractivity contribution in [1.29, 1.82) is 0 Å². The first-order valence-electron chi connectivity index (χ1n) is 7.99. The van der Waals surface area contributed by atoms with E-state index < -0.39 is 0 Å². The van der Waals surface area contributed by atoms with Gasteiger partial charge >= 0.3 is 0 Å². The second kappa shape index (κ2) is 5.55. The van der Waals surface area contributed by atoms with E-state index in [-0.39, 0.29) is 12.0 Å². The number of aromatic nitrogens is 2. The number of nitrogens with zero attached hydrogens (tertiary/aromatic N) is 2. The van der Waals surface area contributed by atoms with Gasteiger partial charge in [0.25, 0.3) is 0 Å². The van der Waals surface area contributed by atoms with Crippen molar-refractivity contribution in [2.45, 2.75) is 50.5 Å². The van der Waals surface area contributed by atoms with Crippen LogP contribution < -0.4 is 0 Å². The Morgan fingerprint density at radius 1 is 1.19 bits per heavy atom. The Kier molecular flexibility index (Phi) is 3.57. The molecule has 2 saturated heterocycles. The van der Waals surface area contributed by atoms with Crippen molar-refractivity contribution < 1.29 is 14.2 Å². The number of rotatable bonds is 2. The van der Waals surface area contributed by atoms with E-state index in [2.05, 4.69) is 12.1 Å². The molecule has 1 aliphatic carbocycles. The quantitative estimate of drug-likeness (QED) is 0.840. The monoisotopic (exact) mass is 290 g/mol. The number of hydrogen-bond acceptors (Lipinski definition) is 4. The van der Waals surface area contributed by atoms with Crippen LogP contribution in [-0.2, 0) is 14.2 Å². The van der Waals surface area contributed by atoms with E-state index in [4.69, 9.17) is 19.3 Å². The van der Waals surface area contributed by atoms with Crippen molar-refractivity contribution in [1.82, 2.24) is 9.78 Å². The molecule has 1 aromatic heterocycles. The van der Waals surface area contributed by atoms with Crippen LogP contribution >= 0.6 is 0 Å². The topological polar surface area (TPSA) is 45.5 Å². The van der Waals surface area contributed by atoms with Crippen LogP contribution in [0.2, 0.25) is 0 Å². The molecule has 2 fully saturated rings. The average Bonchev–Trinajstić information content (AvgIpc) is 3.19. The van der Waals surface area contributed by atoms with Crippen molar-refractivity contribution in [3.8, 4) is 0 Å². The third-order valence-electron chi connectivity index (χ3n) is 4.64. The molecule has 0 amide bonds. The summed E-state index contributed by atoms with van der Waals surface area (Å²) in [6.07, 6.45) is 10.5.